The molecule has 1 aromatic carbocycles. The van der Waals surface area contributed by atoms with Gasteiger partial charge in [-0.3, -0.25) is 4.99 Å². The van der Waals surface area contributed by atoms with Crippen LogP contribution in [0.2, 0.25) is 5.02 Å². The summed E-state index contributed by atoms with van der Waals surface area (Å²) in [6.45, 7) is 4.26. The maximum Gasteiger partial charge on any atom is 0.191 e. The molecule has 1 rings (SSSR count). The smallest absolute Gasteiger partial charge is 0.191 e. The third-order valence-electron chi connectivity index (χ3n) is 2.48. The standard InChI is InChI=1S/C13H20ClN3O2S.HI/c1-10(2)17-13(15-3)16-8-9-20(18,19)12-6-4-11(14)5-7-12;/h4-7,10H,8-9H2,1-3H3,(H2,15,16,17);1H. The summed E-state index contributed by atoms with van der Waals surface area (Å²) in [6, 6.07) is 6.40. The molecule has 0 spiro atoms. The van der Waals surface area contributed by atoms with Crippen LogP contribution in [0.15, 0.2) is 34.2 Å². The van der Waals surface area contributed by atoms with Crippen molar-refractivity contribution in [2.45, 2.75) is 24.8 Å². The van der Waals surface area contributed by atoms with Crippen molar-refractivity contribution >= 4 is 51.4 Å². The van der Waals surface area contributed by atoms with Crippen molar-refractivity contribution in [1.29, 1.82) is 0 Å². The summed E-state index contributed by atoms with van der Waals surface area (Å²) in [7, 11) is -1.67. The number of nitrogens with zero attached hydrogens (tertiary/aromatic N) is 1. The van der Waals surface area contributed by atoms with Crippen LogP contribution in [-0.2, 0) is 9.84 Å². The molecule has 0 bridgehead atoms. The minimum absolute atomic E-state index is 0. The molecule has 21 heavy (non-hydrogen) atoms. The summed E-state index contributed by atoms with van der Waals surface area (Å²) in [5.41, 5.74) is 0. The van der Waals surface area contributed by atoms with Crippen LogP contribution in [-0.4, -0.2) is 39.8 Å². The first-order valence-corrected chi connectivity index (χ1v) is 8.33. The fourth-order valence-corrected chi connectivity index (χ4v) is 2.81. The van der Waals surface area contributed by atoms with E-state index in [9.17, 15) is 8.42 Å². The summed E-state index contributed by atoms with van der Waals surface area (Å²) in [5.74, 6) is 0.583. The van der Waals surface area contributed by atoms with Crippen LogP contribution >= 0.6 is 35.6 Å². The van der Waals surface area contributed by atoms with Gasteiger partial charge in [0.25, 0.3) is 0 Å². The van der Waals surface area contributed by atoms with Gasteiger partial charge in [-0.15, -0.1) is 24.0 Å². The predicted molar refractivity (Wildman–Crippen MR) is 98.6 cm³/mol. The average molecular weight is 446 g/mol. The van der Waals surface area contributed by atoms with Crippen LogP contribution in [0, 0.1) is 0 Å². The normalized spacial score (nSPS) is 12.0. The zero-order valence-electron chi connectivity index (χ0n) is 12.3. The number of guanidine groups is 1. The molecule has 0 radical (unpaired) electrons. The van der Waals surface area contributed by atoms with Crippen molar-refractivity contribution < 1.29 is 8.42 Å². The fraction of sp³-hybridized carbons (Fsp3) is 0.462. The number of nitrogens with one attached hydrogen (secondary N) is 2. The number of hydrogen-bond acceptors (Lipinski definition) is 3. The molecule has 0 fully saturated rings. The Labute approximate surface area is 148 Å². The Balaban J connectivity index is 0.00000400. The minimum atomic E-state index is -3.31. The zero-order valence-corrected chi connectivity index (χ0v) is 16.2. The van der Waals surface area contributed by atoms with Gasteiger partial charge >= 0.3 is 0 Å². The van der Waals surface area contributed by atoms with Crippen LogP contribution in [0.1, 0.15) is 13.8 Å². The van der Waals surface area contributed by atoms with E-state index in [0.717, 1.165) is 0 Å². The van der Waals surface area contributed by atoms with Gasteiger partial charge in [0.15, 0.2) is 15.8 Å². The van der Waals surface area contributed by atoms with Gasteiger partial charge in [-0.1, -0.05) is 11.6 Å². The summed E-state index contributed by atoms with van der Waals surface area (Å²) >= 11 is 5.74. The molecule has 0 aliphatic carbocycles. The van der Waals surface area contributed by atoms with Gasteiger partial charge in [0, 0.05) is 24.7 Å². The highest BCUT2D eigenvalue weighted by Gasteiger charge is 2.14. The highest BCUT2D eigenvalue weighted by Crippen LogP contribution is 2.14. The number of halogens is 2. The molecule has 0 atom stereocenters. The monoisotopic (exact) mass is 445 g/mol. The first kappa shape index (κ1) is 20.5. The average Bonchev–Trinajstić information content (AvgIpc) is 2.37. The highest BCUT2D eigenvalue weighted by atomic mass is 127. The quantitative estimate of drug-likeness (QED) is 0.414. The Kier molecular flexibility index (Phi) is 9.23. The first-order chi connectivity index (χ1) is 9.35. The molecule has 0 unspecified atom stereocenters. The Morgan fingerprint density at radius 2 is 1.86 bits per heavy atom. The summed E-state index contributed by atoms with van der Waals surface area (Å²) in [4.78, 5) is 4.29. The lowest BCUT2D eigenvalue weighted by Crippen LogP contribution is -2.42. The Bertz CT molecular complexity index is 559. The summed E-state index contributed by atoms with van der Waals surface area (Å²) in [5, 5.41) is 6.58. The summed E-state index contributed by atoms with van der Waals surface area (Å²) < 4.78 is 24.2. The molecule has 2 N–H and O–H groups in total. The van der Waals surface area contributed by atoms with Crippen LogP contribution < -0.4 is 10.6 Å². The van der Waals surface area contributed by atoms with E-state index in [1.54, 1.807) is 19.2 Å². The van der Waals surface area contributed by atoms with Crippen molar-refractivity contribution in [3.8, 4) is 0 Å². The number of aliphatic imine (C=N–C) groups is 1. The Hall–Kier alpha value is -0.540. The molecule has 0 amide bonds. The van der Waals surface area contributed by atoms with E-state index < -0.39 is 9.84 Å². The predicted octanol–water partition coefficient (Wildman–Crippen LogP) is 2.31. The van der Waals surface area contributed by atoms with Gasteiger partial charge in [-0.2, -0.15) is 0 Å². The van der Waals surface area contributed by atoms with Crippen LogP contribution in [0.4, 0.5) is 0 Å². The van der Waals surface area contributed by atoms with E-state index in [1.807, 2.05) is 13.8 Å². The SMILES string of the molecule is CN=C(NCCS(=O)(=O)c1ccc(Cl)cc1)NC(C)C.I. The van der Waals surface area contributed by atoms with E-state index >= 15 is 0 Å². The second-order valence-electron chi connectivity index (χ2n) is 4.57. The number of rotatable bonds is 5. The number of sulfone groups is 1. The van der Waals surface area contributed by atoms with E-state index in [-0.39, 0.29) is 47.2 Å². The lowest BCUT2D eigenvalue weighted by Gasteiger charge is -2.14. The number of benzene rings is 1. The maximum absolute atomic E-state index is 12.1. The van der Waals surface area contributed by atoms with Crippen molar-refractivity contribution in [2.24, 2.45) is 4.99 Å². The zero-order chi connectivity index (χ0) is 15.2. The largest absolute Gasteiger partial charge is 0.355 e. The van der Waals surface area contributed by atoms with E-state index in [0.29, 0.717) is 11.0 Å². The molecule has 0 aliphatic heterocycles. The molecular formula is C13H21ClIN3O2S. The van der Waals surface area contributed by atoms with E-state index in [4.69, 9.17) is 11.6 Å². The molecule has 1 aromatic rings. The molecule has 0 saturated carbocycles. The third kappa shape index (κ3) is 7.32. The second-order valence-corrected chi connectivity index (χ2v) is 7.12. The van der Waals surface area contributed by atoms with Crippen molar-refractivity contribution in [2.75, 3.05) is 19.3 Å². The fourth-order valence-electron chi connectivity index (χ4n) is 1.53. The lowest BCUT2D eigenvalue weighted by atomic mass is 10.4. The van der Waals surface area contributed by atoms with Gasteiger partial charge in [0.05, 0.1) is 10.6 Å². The molecule has 0 heterocycles. The molecule has 5 nitrogen and oxygen atoms in total. The number of hydrogen-bond donors (Lipinski definition) is 2. The maximum atomic E-state index is 12.1. The molecule has 0 aromatic heterocycles. The molecule has 0 aliphatic rings. The van der Waals surface area contributed by atoms with Gasteiger partial charge in [0.1, 0.15) is 0 Å². The highest BCUT2D eigenvalue weighted by molar-refractivity contribution is 14.0. The topological polar surface area (TPSA) is 70.6 Å². The Morgan fingerprint density at radius 1 is 1.29 bits per heavy atom. The Morgan fingerprint density at radius 3 is 2.33 bits per heavy atom. The van der Waals surface area contributed by atoms with Gasteiger partial charge in [-0.25, -0.2) is 8.42 Å². The van der Waals surface area contributed by atoms with Crippen molar-refractivity contribution in [3.05, 3.63) is 29.3 Å². The van der Waals surface area contributed by atoms with Gasteiger partial charge in [0.2, 0.25) is 0 Å². The van der Waals surface area contributed by atoms with Gasteiger partial charge < -0.3 is 10.6 Å². The van der Waals surface area contributed by atoms with Crippen molar-refractivity contribution in [1.82, 2.24) is 10.6 Å². The molecule has 0 saturated heterocycles. The van der Waals surface area contributed by atoms with Crippen LogP contribution in [0.5, 0.6) is 0 Å². The lowest BCUT2D eigenvalue weighted by molar-refractivity contribution is 0.594. The van der Waals surface area contributed by atoms with E-state index in [1.165, 1.54) is 12.1 Å². The molecular weight excluding hydrogens is 425 g/mol. The van der Waals surface area contributed by atoms with Crippen molar-refractivity contribution in [3.63, 3.8) is 0 Å². The van der Waals surface area contributed by atoms with Crippen LogP contribution in [0.3, 0.4) is 0 Å². The second kappa shape index (κ2) is 9.47. The van der Waals surface area contributed by atoms with Crippen LogP contribution in [0.25, 0.3) is 0 Å². The summed E-state index contributed by atoms with van der Waals surface area (Å²) in [6.07, 6.45) is 0. The first-order valence-electron chi connectivity index (χ1n) is 6.30. The molecule has 120 valence electrons. The molecule has 8 heteroatoms. The third-order valence-corrected chi connectivity index (χ3v) is 4.47. The van der Waals surface area contributed by atoms with E-state index in [2.05, 4.69) is 15.6 Å². The minimum Gasteiger partial charge on any atom is -0.355 e. The van der Waals surface area contributed by atoms with Gasteiger partial charge in [-0.05, 0) is 38.1 Å².